The summed E-state index contributed by atoms with van der Waals surface area (Å²) >= 11 is 6.12. The van der Waals surface area contributed by atoms with Crippen LogP contribution >= 0.6 is 11.6 Å². The molecule has 1 saturated heterocycles. The summed E-state index contributed by atoms with van der Waals surface area (Å²) in [6, 6.07) is 5.16. The van der Waals surface area contributed by atoms with Gasteiger partial charge in [-0.3, -0.25) is 9.69 Å². The summed E-state index contributed by atoms with van der Waals surface area (Å²) in [5.41, 5.74) is 0.757. The summed E-state index contributed by atoms with van der Waals surface area (Å²) in [7, 11) is 0. The number of halogens is 1. The molecule has 1 aromatic carbocycles. The van der Waals surface area contributed by atoms with Crippen LogP contribution < -0.4 is 0 Å². The Kier molecular flexibility index (Phi) is 5.26. The molecule has 110 valence electrons. The lowest BCUT2D eigenvalue weighted by atomic mass is 9.93. The molecule has 1 atom stereocenters. The average Bonchev–Trinajstić information content (AvgIpc) is 2.41. The Hall–Kier alpha value is -1.26. The van der Waals surface area contributed by atoms with Crippen molar-refractivity contribution in [1.29, 1.82) is 0 Å². The topological polar surface area (TPSA) is 60.8 Å². The van der Waals surface area contributed by atoms with Gasteiger partial charge < -0.3 is 10.2 Å². The minimum absolute atomic E-state index is 0.227. The van der Waals surface area contributed by atoms with Crippen LogP contribution in [0.2, 0.25) is 5.02 Å². The Labute approximate surface area is 124 Å². The predicted octanol–water partition coefficient (Wildman–Crippen LogP) is 3.12. The van der Waals surface area contributed by atoms with Crippen molar-refractivity contribution in [3.63, 3.8) is 0 Å². The molecule has 2 rings (SSSR count). The van der Waals surface area contributed by atoms with Crippen LogP contribution in [-0.4, -0.2) is 34.2 Å². The van der Waals surface area contributed by atoms with Gasteiger partial charge in [0.2, 0.25) is 0 Å². The second kappa shape index (κ2) is 6.95. The summed E-state index contributed by atoms with van der Waals surface area (Å²) in [5, 5.41) is 19.2. The molecule has 0 saturated carbocycles. The van der Waals surface area contributed by atoms with E-state index >= 15 is 0 Å². The van der Waals surface area contributed by atoms with Gasteiger partial charge >= 0.3 is 5.97 Å². The first-order valence-electron chi connectivity index (χ1n) is 6.96. The van der Waals surface area contributed by atoms with E-state index in [4.69, 9.17) is 16.7 Å². The predicted molar refractivity (Wildman–Crippen MR) is 78.0 cm³/mol. The number of hydrogen-bond donors (Lipinski definition) is 2. The Morgan fingerprint density at radius 3 is 2.95 bits per heavy atom. The standard InChI is InChI=1S/C15H20ClNO3/c16-13-4-1-5-14(18)12(13)10-17-8-2-3-11(9-17)6-7-15(19)20/h1,4-5,11,18H,2-3,6-10H2,(H,19,20). The highest BCUT2D eigenvalue weighted by molar-refractivity contribution is 6.31. The largest absolute Gasteiger partial charge is 0.508 e. The van der Waals surface area contributed by atoms with E-state index in [1.807, 2.05) is 0 Å². The number of carbonyl (C=O) groups is 1. The smallest absolute Gasteiger partial charge is 0.303 e. The molecule has 4 nitrogen and oxygen atoms in total. The van der Waals surface area contributed by atoms with Crippen LogP contribution in [-0.2, 0) is 11.3 Å². The third kappa shape index (κ3) is 4.12. The lowest BCUT2D eigenvalue weighted by Crippen LogP contribution is -2.35. The van der Waals surface area contributed by atoms with Crippen molar-refractivity contribution in [3.8, 4) is 5.75 Å². The van der Waals surface area contributed by atoms with E-state index in [0.717, 1.165) is 37.9 Å². The van der Waals surface area contributed by atoms with E-state index in [2.05, 4.69) is 4.90 Å². The normalized spacial score (nSPS) is 19.9. The highest BCUT2D eigenvalue weighted by Crippen LogP contribution is 2.29. The zero-order valence-electron chi connectivity index (χ0n) is 11.4. The molecule has 1 heterocycles. The molecule has 20 heavy (non-hydrogen) atoms. The number of rotatable bonds is 5. The first-order chi connectivity index (χ1) is 9.56. The average molecular weight is 298 g/mol. The van der Waals surface area contributed by atoms with Crippen LogP contribution in [0.4, 0.5) is 0 Å². The van der Waals surface area contributed by atoms with Crippen LogP contribution in [0, 0.1) is 5.92 Å². The minimum Gasteiger partial charge on any atom is -0.508 e. The number of phenolic OH excluding ortho intramolecular Hbond substituents is 1. The summed E-state index contributed by atoms with van der Waals surface area (Å²) in [5.74, 6) is -0.0829. The van der Waals surface area contributed by atoms with Gasteiger partial charge in [0.25, 0.3) is 0 Å². The number of carboxylic acids is 1. The SMILES string of the molecule is O=C(O)CCC1CCCN(Cc2c(O)cccc2Cl)C1. The van der Waals surface area contributed by atoms with Gasteiger partial charge in [-0.2, -0.15) is 0 Å². The number of phenols is 1. The summed E-state index contributed by atoms with van der Waals surface area (Å²) in [4.78, 5) is 12.9. The summed E-state index contributed by atoms with van der Waals surface area (Å²) in [6.45, 7) is 2.46. The van der Waals surface area contributed by atoms with Gasteiger partial charge in [0, 0.05) is 30.1 Å². The molecule has 0 amide bonds. The van der Waals surface area contributed by atoms with E-state index < -0.39 is 5.97 Å². The highest BCUT2D eigenvalue weighted by atomic mass is 35.5. The van der Waals surface area contributed by atoms with Gasteiger partial charge in [0.15, 0.2) is 0 Å². The van der Waals surface area contributed by atoms with Crippen molar-refractivity contribution in [2.75, 3.05) is 13.1 Å². The number of benzene rings is 1. The molecule has 1 aromatic rings. The van der Waals surface area contributed by atoms with Crippen LogP contribution in [0.25, 0.3) is 0 Å². The van der Waals surface area contributed by atoms with Gasteiger partial charge in [-0.25, -0.2) is 0 Å². The Morgan fingerprint density at radius 2 is 2.25 bits per heavy atom. The van der Waals surface area contributed by atoms with E-state index in [1.54, 1.807) is 18.2 Å². The van der Waals surface area contributed by atoms with Crippen LogP contribution in [0.15, 0.2) is 18.2 Å². The molecule has 1 aliphatic rings. The fraction of sp³-hybridized carbons (Fsp3) is 0.533. The van der Waals surface area contributed by atoms with E-state index in [0.29, 0.717) is 17.5 Å². The molecule has 0 spiro atoms. The Balaban J connectivity index is 1.94. The zero-order valence-corrected chi connectivity index (χ0v) is 12.1. The van der Waals surface area contributed by atoms with Crippen molar-refractivity contribution in [2.45, 2.75) is 32.2 Å². The number of nitrogens with zero attached hydrogens (tertiary/aromatic N) is 1. The molecule has 1 fully saturated rings. The first-order valence-corrected chi connectivity index (χ1v) is 7.34. The number of aromatic hydroxyl groups is 1. The molecule has 0 radical (unpaired) electrons. The zero-order chi connectivity index (χ0) is 14.5. The van der Waals surface area contributed by atoms with Gasteiger partial charge in [0.05, 0.1) is 0 Å². The van der Waals surface area contributed by atoms with E-state index in [9.17, 15) is 9.90 Å². The quantitative estimate of drug-likeness (QED) is 0.876. The number of aliphatic carboxylic acids is 1. The maximum Gasteiger partial charge on any atom is 0.303 e. The van der Waals surface area contributed by atoms with Crippen molar-refractivity contribution < 1.29 is 15.0 Å². The maximum absolute atomic E-state index is 10.6. The second-order valence-electron chi connectivity index (χ2n) is 5.41. The Bertz CT molecular complexity index is 458. The maximum atomic E-state index is 10.6. The molecule has 0 aromatic heterocycles. The molecule has 5 heteroatoms. The lowest BCUT2D eigenvalue weighted by Gasteiger charge is -2.32. The van der Waals surface area contributed by atoms with Crippen molar-refractivity contribution in [2.24, 2.45) is 5.92 Å². The number of likely N-dealkylation sites (tertiary alicyclic amines) is 1. The summed E-state index contributed by atoms with van der Waals surface area (Å²) in [6.07, 6.45) is 3.10. The molecule has 1 unspecified atom stereocenters. The van der Waals surface area contributed by atoms with E-state index in [-0.39, 0.29) is 12.2 Å². The number of carboxylic acid groups (broad SMARTS) is 1. The fourth-order valence-corrected chi connectivity index (χ4v) is 3.01. The first kappa shape index (κ1) is 15.1. The molecule has 0 aliphatic carbocycles. The fourth-order valence-electron chi connectivity index (χ4n) is 2.79. The number of piperidine rings is 1. The third-order valence-electron chi connectivity index (χ3n) is 3.85. The minimum atomic E-state index is -0.731. The van der Waals surface area contributed by atoms with Gasteiger partial charge in [-0.15, -0.1) is 0 Å². The van der Waals surface area contributed by atoms with Crippen LogP contribution in [0.3, 0.4) is 0 Å². The lowest BCUT2D eigenvalue weighted by molar-refractivity contribution is -0.137. The monoisotopic (exact) mass is 297 g/mol. The van der Waals surface area contributed by atoms with Gasteiger partial charge in [0.1, 0.15) is 5.75 Å². The molecule has 0 bridgehead atoms. The third-order valence-corrected chi connectivity index (χ3v) is 4.20. The van der Waals surface area contributed by atoms with Crippen LogP contribution in [0.5, 0.6) is 5.75 Å². The van der Waals surface area contributed by atoms with Crippen molar-refractivity contribution in [3.05, 3.63) is 28.8 Å². The van der Waals surface area contributed by atoms with Gasteiger partial charge in [-0.1, -0.05) is 17.7 Å². The highest BCUT2D eigenvalue weighted by Gasteiger charge is 2.22. The van der Waals surface area contributed by atoms with Crippen molar-refractivity contribution >= 4 is 17.6 Å². The second-order valence-corrected chi connectivity index (χ2v) is 5.82. The molecular formula is C15H20ClNO3. The molecule has 2 N–H and O–H groups in total. The Morgan fingerprint density at radius 1 is 1.45 bits per heavy atom. The number of hydrogen-bond acceptors (Lipinski definition) is 3. The summed E-state index contributed by atoms with van der Waals surface area (Å²) < 4.78 is 0. The molecular weight excluding hydrogens is 278 g/mol. The van der Waals surface area contributed by atoms with Crippen molar-refractivity contribution in [1.82, 2.24) is 4.90 Å². The van der Waals surface area contributed by atoms with E-state index in [1.165, 1.54) is 0 Å². The van der Waals surface area contributed by atoms with Crippen LogP contribution in [0.1, 0.15) is 31.2 Å². The molecule has 1 aliphatic heterocycles. The van der Waals surface area contributed by atoms with Gasteiger partial charge in [-0.05, 0) is 43.9 Å².